The summed E-state index contributed by atoms with van der Waals surface area (Å²) in [6.07, 6.45) is 0.808. The number of esters is 3. The summed E-state index contributed by atoms with van der Waals surface area (Å²) in [5, 5.41) is 9.24. The van der Waals surface area contributed by atoms with E-state index < -0.39 is 36.1 Å². The molecule has 1 aliphatic rings. The van der Waals surface area contributed by atoms with Crippen LogP contribution < -0.4 is 18.9 Å². The van der Waals surface area contributed by atoms with Crippen LogP contribution in [0.25, 0.3) is 6.08 Å². The van der Waals surface area contributed by atoms with Crippen molar-refractivity contribution in [2.45, 2.75) is 27.2 Å². The standard InChI is InChI=1S/C23H18O10/c1-11(24)30-17-7-5-15-22(29)20(33-23(15)16(17)10-21(27)28)9-14-4-6-18(31-12(2)25)19(8-14)32-13(3)26/h4-9H,10H2,1-3H3,(H,27,28). The molecule has 0 saturated heterocycles. The fraction of sp³-hybridized carbons (Fsp3) is 0.174. The summed E-state index contributed by atoms with van der Waals surface area (Å²) in [5.41, 5.74) is 0.515. The van der Waals surface area contributed by atoms with Crippen LogP contribution in [0.4, 0.5) is 0 Å². The van der Waals surface area contributed by atoms with Gasteiger partial charge in [0.1, 0.15) is 11.5 Å². The molecule has 0 spiro atoms. The minimum Gasteiger partial charge on any atom is -0.481 e. The summed E-state index contributed by atoms with van der Waals surface area (Å²) in [5.74, 6) is -3.88. The Morgan fingerprint density at radius 2 is 1.45 bits per heavy atom. The van der Waals surface area contributed by atoms with Crippen LogP contribution in [-0.2, 0) is 25.6 Å². The van der Waals surface area contributed by atoms with Crippen LogP contribution in [0.2, 0.25) is 0 Å². The predicted molar refractivity (Wildman–Crippen MR) is 111 cm³/mol. The average molecular weight is 454 g/mol. The van der Waals surface area contributed by atoms with Crippen LogP contribution in [0.3, 0.4) is 0 Å². The number of hydrogen-bond acceptors (Lipinski definition) is 9. The highest BCUT2D eigenvalue weighted by atomic mass is 16.6. The van der Waals surface area contributed by atoms with Gasteiger partial charge in [0.05, 0.1) is 12.0 Å². The van der Waals surface area contributed by atoms with E-state index in [4.69, 9.17) is 18.9 Å². The smallest absolute Gasteiger partial charge is 0.308 e. The van der Waals surface area contributed by atoms with Crippen molar-refractivity contribution in [2.24, 2.45) is 0 Å². The van der Waals surface area contributed by atoms with Crippen molar-refractivity contribution in [1.82, 2.24) is 0 Å². The second-order valence-electron chi connectivity index (χ2n) is 6.92. The van der Waals surface area contributed by atoms with E-state index >= 15 is 0 Å². The monoisotopic (exact) mass is 454 g/mol. The van der Waals surface area contributed by atoms with Crippen molar-refractivity contribution in [3.63, 3.8) is 0 Å². The van der Waals surface area contributed by atoms with Crippen molar-refractivity contribution in [3.8, 4) is 23.0 Å². The number of Topliss-reactive ketones (excluding diaryl/α,β-unsaturated/α-hetero) is 1. The number of carbonyl (C=O) groups excluding carboxylic acids is 4. The molecule has 10 heteroatoms. The maximum absolute atomic E-state index is 12.8. The number of carbonyl (C=O) groups is 5. The zero-order chi connectivity index (χ0) is 24.3. The Morgan fingerprint density at radius 3 is 2.06 bits per heavy atom. The number of aliphatic carboxylic acids is 1. The average Bonchev–Trinajstić information content (AvgIpc) is 3.00. The predicted octanol–water partition coefficient (Wildman–Crippen LogP) is 2.71. The lowest BCUT2D eigenvalue weighted by Crippen LogP contribution is -2.08. The van der Waals surface area contributed by atoms with Gasteiger partial charge in [-0.25, -0.2) is 0 Å². The number of rotatable bonds is 6. The summed E-state index contributed by atoms with van der Waals surface area (Å²) in [6, 6.07) is 6.95. The van der Waals surface area contributed by atoms with Crippen LogP contribution in [0, 0.1) is 0 Å². The highest BCUT2D eigenvalue weighted by molar-refractivity contribution is 6.15. The van der Waals surface area contributed by atoms with E-state index in [0.29, 0.717) is 5.56 Å². The minimum absolute atomic E-state index is 0.0107. The molecule has 33 heavy (non-hydrogen) atoms. The third kappa shape index (κ3) is 5.42. The molecule has 1 heterocycles. The third-order valence-corrected chi connectivity index (χ3v) is 4.25. The van der Waals surface area contributed by atoms with Crippen LogP contribution in [0.5, 0.6) is 23.0 Å². The number of carboxylic acids is 1. The van der Waals surface area contributed by atoms with E-state index in [9.17, 15) is 29.1 Å². The van der Waals surface area contributed by atoms with E-state index in [1.807, 2.05) is 0 Å². The molecular weight excluding hydrogens is 436 g/mol. The van der Waals surface area contributed by atoms with Crippen LogP contribution in [-0.4, -0.2) is 34.8 Å². The number of ketones is 1. The number of carboxylic acid groups (broad SMARTS) is 1. The summed E-state index contributed by atoms with van der Waals surface area (Å²) in [6.45, 7) is 3.53. The van der Waals surface area contributed by atoms with E-state index in [1.165, 1.54) is 50.3 Å². The molecule has 170 valence electrons. The van der Waals surface area contributed by atoms with Gasteiger partial charge in [0, 0.05) is 26.3 Å². The molecule has 0 unspecified atom stereocenters. The van der Waals surface area contributed by atoms with Gasteiger partial charge in [-0.15, -0.1) is 0 Å². The van der Waals surface area contributed by atoms with E-state index in [0.717, 1.165) is 6.92 Å². The highest BCUT2D eigenvalue weighted by Crippen LogP contribution is 2.40. The van der Waals surface area contributed by atoms with Gasteiger partial charge in [0.2, 0.25) is 5.78 Å². The van der Waals surface area contributed by atoms with Crippen molar-refractivity contribution in [2.75, 3.05) is 0 Å². The van der Waals surface area contributed by atoms with E-state index in [-0.39, 0.29) is 39.9 Å². The molecule has 0 saturated carbocycles. The number of ether oxygens (including phenoxy) is 4. The SMILES string of the molecule is CC(=O)Oc1ccc(C=C2Oc3c(ccc(OC(C)=O)c3CC(=O)O)C2=O)cc1OC(C)=O. The minimum atomic E-state index is -1.21. The molecule has 0 aromatic heterocycles. The Kier molecular flexibility index (Phi) is 6.57. The first kappa shape index (κ1) is 23.2. The molecule has 0 amide bonds. The fourth-order valence-corrected chi connectivity index (χ4v) is 3.10. The molecule has 0 bridgehead atoms. The third-order valence-electron chi connectivity index (χ3n) is 4.25. The van der Waals surface area contributed by atoms with Crippen molar-refractivity contribution >= 4 is 35.7 Å². The number of fused-ring (bicyclic) bond motifs is 1. The first-order chi connectivity index (χ1) is 15.5. The Hall–Kier alpha value is -4.47. The Labute approximate surface area is 187 Å². The largest absolute Gasteiger partial charge is 0.481 e. The topological polar surface area (TPSA) is 143 Å². The molecule has 2 aromatic rings. The first-order valence-corrected chi connectivity index (χ1v) is 9.56. The summed E-state index contributed by atoms with van der Waals surface area (Å²) in [7, 11) is 0. The first-order valence-electron chi connectivity index (χ1n) is 9.56. The van der Waals surface area contributed by atoms with Gasteiger partial charge in [-0.1, -0.05) is 6.07 Å². The lowest BCUT2D eigenvalue weighted by atomic mass is 10.0. The lowest BCUT2D eigenvalue weighted by molar-refractivity contribution is -0.137. The van der Waals surface area contributed by atoms with Gasteiger partial charge < -0.3 is 24.1 Å². The van der Waals surface area contributed by atoms with Crippen molar-refractivity contribution < 1.29 is 48.0 Å². The Morgan fingerprint density at radius 1 is 0.879 bits per heavy atom. The normalized spacial score (nSPS) is 13.2. The maximum Gasteiger partial charge on any atom is 0.308 e. The molecule has 2 aromatic carbocycles. The van der Waals surface area contributed by atoms with Gasteiger partial charge in [0.25, 0.3) is 0 Å². The highest BCUT2D eigenvalue weighted by Gasteiger charge is 2.32. The van der Waals surface area contributed by atoms with Gasteiger partial charge in [-0.05, 0) is 35.9 Å². The number of hydrogen-bond donors (Lipinski definition) is 1. The lowest BCUT2D eigenvalue weighted by Gasteiger charge is -2.11. The molecular formula is C23H18O10. The van der Waals surface area contributed by atoms with Crippen molar-refractivity contribution in [1.29, 1.82) is 0 Å². The van der Waals surface area contributed by atoms with E-state index in [1.54, 1.807) is 0 Å². The van der Waals surface area contributed by atoms with E-state index in [2.05, 4.69) is 0 Å². The summed E-state index contributed by atoms with van der Waals surface area (Å²) in [4.78, 5) is 58.2. The molecule has 0 aliphatic carbocycles. The zero-order valence-electron chi connectivity index (χ0n) is 17.8. The van der Waals surface area contributed by atoms with Crippen LogP contribution in [0.1, 0.15) is 42.3 Å². The fourth-order valence-electron chi connectivity index (χ4n) is 3.10. The van der Waals surface area contributed by atoms with Gasteiger partial charge in [-0.2, -0.15) is 0 Å². The van der Waals surface area contributed by atoms with Crippen LogP contribution >= 0.6 is 0 Å². The molecule has 0 radical (unpaired) electrons. The number of allylic oxidation sites excluding steroid dienone is 1. The Balaban J connectivity index is 2.02. The molecule has 1 aliphatic heterocycles. The second-order valence-corrected chi connectivity index (χ2v) is 6.92. The molecule has 1 N–H and O–H groups in total. The second kappa shape index (κ2) is 9.35. The summed E-state index contributed by atoms with van der Waals surface area (Å²) < 4.78 is 20.8. The van der Waals surface area contributed by atoms with Crippen molar-refractivity contribution in [3.05, 3.63) is 52.8 Å². The zero-order valence-corrected chi connectivity index (χ0v) is 17.8. The van der Waals surface area contributed by atoms with Gasteiger partial charge >= 0.3 is 23.9 Å². The van der Waals surface area contributed by atoms with Gasteiger partial charge in [0.15, 0.2) is 17.3 Å². The van der Waals surface area contributed by atoms with Gasteiger partial charge in [-0.3, -0.25) is 24.0 Å². The number of benzene rings is 2. The molecule has 3 rings (SSSR count). The van der Waals surface area contributed by atoms with Crippen LogP contribution in [0.15, 0.2) is 36.1 Å². The maximum atomic E-state index is 12.8. The Bertz CT molecular complexity index is 1220. The summed E-state index contributed by atoms with van der Waals surface area (Å²) >= 11 is 0. The molecule has 0 atom stereocenters. The molecule has 0 fully saturated rings. The quantitative estimate of drug-likeness (QED) is 0.393. The molecule has 10 nitrogen and oxygen atoms in total.